The van der Waals surface area contributed by atoms with Crippen LogP contribution in [0.15, 0.2) is 57.9 Å². The lowest BCUT2D eigenvalue weighted by molar-refractivity contribution is -0.137. The van der Waals surface area contributed by atoms with Crippen molar-refractivity contribution in [1.82, 2.24) is 20.9 Å². The number of nitrogens with one attached hydrogen (secondary N) is 4. The molecule has 11 heteroatoms. The number of aryl methyl sites for hydroxylation is 1. The summed E-state index contributed by atoms with van der Waals surface area (Å²) in [5.74, 6) is -1.19. The quantitative estimate of drug-likeness (QED) is 0.310. The maximum atomic E-state index is 12.5. The van der Waals surface area contributed by atoms with Gasteiger partial charge < -0.3 is 25.5 Å². The van der Waals surface area contributed by atoms with Crippen molar-refractivity contribution in [2.75, 3.05) is 25.0 Å². The summed E-state index contributed by atoms with van der Waals surface area (Å²) in [5, 5.41) is 20.6. The number of aliphatic imine (C=N–C) groups is 1. The first kappa shape index (κ1) is 23.7. The molecular weight excluding hydrogens is 452 g/mol. The molecule has 0 fully saturated rings. The molecule has 1 aromatic heterocycles. The monoisotopic (exact) mass is 478 g/mol. The minimum absolute atomic E-state index is 0.0626. The van der Waals surface area contributed by atoms with Gasteiger partial charge >= 0.3 is 5.97 Å². The summed E-state index contributed by atoms with van der Waals surface area (Å²) < 4.78 is 5.50. The average molecular weight is 479 g/mol. The summed E-state index contributed by atoms with van der Waals surface area (Å²) in [4.78, 5) is 44.6. The number of nitrogens with zero attached hydrogens (tertiary/aromatic N) is 2. The topological polar surface area (TPSA) is 158 Å². The Balaban J connectivity index is 1.26. The van der Waals surface area contributed by atoms with Gasteiger partial charge in [-0.2, -0.15) is 4.98 Å². The van der Waals surface area contributed by atoms with Crippen molar-refractivity contribution in [2.45, 2.75) is 25.3 Å². The zero-order valence-corrected chi connectivity index (χ0v) is 18.9. The Morgan fingerprint density at radius 2 is 1.91 bits per heavy atom. The molecule has 2 aromatic carbocycles. The molecule has 3 aromatic rings. The highest BCUT2D eigenvalue weighted by molar-refractivity contribution is 5.97. The number of aliphatic carboxylic acids is 1. The number of guanidine groups is 1. The van der Waals surface area contributed by atoms with Crippen LogP contribution in [0.25, 0.3) is 11.1 Å². The average Bonchev–Trinajstić information content (AvgIpc) is 3.28. The van der Waals surface area contributed by atoms with Crippen molar-refractivity contribution in [1.29, 1.82) is 0 Å². The van der Waals surface area contributed by atoms with Crippen LogP contribution in [0.2, 0.25) is 0 Å². The van der Waals surface area contributed by atoms with Gasteiger partial charge in [-0.05, 0) is 42.7 Å². The number of benzene rings is 2. The Labute approximate surface area is 201 Å². The van der Waals surface area contributed by atoms with Crippen LogP contribution in [-0.2, 0) is 16.0 Å². The van der Waals surface area contributed by atoms with E-state index in [0.29, 0.717) is 35.6 Å². The van der Waals surface area contributed by atoms with Crippen LogP contribution >= 0.6 is 0 Å². The summed E-state index contributed by atoms with van der Waals surface area (Å²) in [6, 6.07) is 12.8. The first-order valence-electron chi connectivity index (χ1n) is 11.3. The van der Waals surface area contributed by atoms with Crippen LogP contribution in [0.4, 0.5) is 6.01 Å². The predicted octanol–water partition coefficient (Wildman–Crippen LogP) is 1.52. The number of aromatic nitrogens is 1. The molecule has 0 aliphatic carbocycles. The van der Waals surface area contributed by atoms with Gasteiger partial charge in [0.2, 0.25) is 5.91 Å². The highest BCUT2D eigenvalue weighted by Crippen LogP contribution is 2.18. The van der Waals surface area contributed by atoms with E-state index in [1.54, 1.807) is 48.5 Å². The molecule has 11 nitrogen and oxygen atoms in total. The normalized spacial score (nSPS) is 13.9. The molecule has 1 atom stereocenters. The van der Waals surface area contributed by atoms with E-state index in [0.717, 1.165) is 18.5 Å². The summed E-state index contributed by atoms with van der Waals surface area (Å²) in [6.07, 6.45) is 1.75. The third-order valence-corrected chi connectivity index (χ3v) is 5.37. The molecule has 0 radical (unpaired) electrons. The summed E-state index contributed by atoms with van der Waals surface area (Å²) in [5.41, 5.74) is 2.40. The number of carbonyl (C=O) groups excluding carboxylic acids is 2. The number of hydrogen-bond acceptors (Lipinski definition) is 8. The number of carboxylic acids is 1. The van der Waals surface area contributed by atoms with Gasteiger partial charge in [-0.25, -0.2) is 4.79 Å². The first-order chi connectivity index (χ1) is 17.0. The number of fused-ring (bicyclic) bond motifs is 1. The number of carbonyl (C=O) groups is 3. The fourth-order valence-electron chi connectivity index (χ4n) is 3.47. The molecule has 182 valence electrons. The summed E-state index contributed by atoms with van der Waals surface area (Å²) in [7, 11) is 0. The van der Waals surface area contributed by atoms with Gasteiger partial charge in [0.25, 0.3) is 11.9 Å². The van der Waals surface area contributed by atoms with Gasteiger partial charge in [0.15, 0.2) is 11.5 Å². The smallest absolute Gasteiger partial charge is 0.328 e. The van der Waals surface area contributed by atoms with Crippen LogP contribution in [0, 0.1) is 0 Å². The first-order valence-corrected chi connectivity index (χ1v) is 11.3. The number of anilines is 1. The Kier molecular flexibility index (Phi) is 7.56. The molecular formula is C24H26N6O5. The number of rotatable bonds is 9. The lowest BCUT2D eigenvalue weighted by Gasteiger charge is -2.15. The second kappa shape index (κ2) is 11.1. The molecule has 5 N–H and O–H groups in total. The minimum atomic E-state index is -1.16. The van der Waals surface area contributed by atoms with Crippen molar-refractivity contribution in [2.24, 2.45) is 4.99 Å². The lowest BCUT2D eigenvalue weighted by Crippen LogP contribution is -2.43. The Morgan fingerprint density at radius 3 is 2.63 bits per heavy atom. The molecule has 0 bridgehead atoms. The summed E-state index contributed by atoms with van der Waals surface area (Å²) in [6.45, 7) is 1.32. The molecule has 2 heterocycles. The number of para-hydroxylation sites is 2. The number of carboxylic acid groups (broad SMARTS) is 1. The lowest BCUT2D eigenvalue weighted by atomic mass is 10.1. The van der Waals surface area contributed by atoms with Crippen LogP contribution in [0.5, 0.6) is 0 Å². The Bertz CT molecular complexity index is 1200. The maximum absolute atomic E-state index is 12.5. The number of amides is 2. The molecule has 4 rings (SSSR count). The predicted molar refractivity (Wildman–Crippen MR) is 129 cm³/mol. The van der Waals surface area contributed by atoms with Gasteiger partial charge in [-0.1, -0.05) is 24.3 Å². The van der Waals surface area contributed by atoms with Gasteiger partial charge in [0.1, 0.15) is 11.6 Å². The maximum Gasteiger partial charge on any atom is 0.328 e. The van der Waals surface area contributed by atoms with Gasteiger partial charge in [-0.15, -0.1) is 0 Å². The van der Waals surface area contributed by atoms with E-state index in [4.69, 9.17) is 4.42 Å². The third kappa shape index (κ3) is 6.56. The van der Waals surface area contributed by atoms with E-state index >= 15 is 0 Å². The molecule has 1 aliphatic rings. The zero-order chi connectivity index (χ0) is 24.6. The van der Waals surface area contributed by atoms with Gasteiger partial charge in [0, 0.05) is 31.6 Å². The van der Waals surface area contributed by atoms with E-state index in [2.05, 4.69) is 31.2 Å². The van der Waals surface area contributed by atoms with Crippen LogP contribution in [-0.4, -0.2) is 59.5 Å². The Hall–Kier alpha value is -4.41. The molecule has 0 saturated heterocycles. The van der Waals surface area contributed by atoms with E-state index in [-0.39, 0.29) is 24.9 Å². The number of oxazole rings is 1. The van der Waals surface area contributed by atoms with Crippen molar-refractivity contribution in [3.05, 3.63) is 59.7 Å². The summed E-state index contributed by atoms with van der Waals surface area (Å²) >= 11 is 0. The van der Waals surface area contributed by atoms with E-state index in [9.17, 15) is 19.5 Å². The third-order valence-electron chi connectivity index (χ3n) is 5.37. The van der Waals surface area contributed by atoms with Crippen molar-refractivity contribution in [3.63, 3.8) is 0 Å². The Morgan fingerprint density at radius 1 is 1.11 bits per heavy atom. The van der Waals surface area contributed by atoms with Crippen molar-refractivity contribution >= 4 is 40.9 Å². The van der Waals surface area contributed by atoms with Crippen LogP contribution in [0.3, 0.4) is 0 Å². The van der Waals surface area contributed by atoms with Crippen molar-refractivity contribution in [3.8, 4) is 0 Å². The fraction of sp³-hybridized carbons (Fsp3) is 0.292. The molecule has 0 saturated carbocycles. The van der Waals surface area contributed by atoms with E-state index in [1.807, 2.05) is 0 Å². The molecule has 1 aliphatic heterocycles. The SMILES string of the molecule is O=C(CCc1ccc(C(=O)NCC(Nc2nc3ccccc3o2)C(=O)O)cc1)NC1=NCCCN1. The molecule has 2 amide bonds. The fourth-order valence-corrected chi connectivity index (χ4v) is 3.47. The van der Waals surface area contributed by atoms with E-state index in [1.165, 1.54) is 0 Å². The van der Waals surface area contributed by atoms with Crippen molar-refractivity contribution < 1.29 is 23.9 Å². The molecule has 0 spiro atoms. The second-order valence-electron chi connectivity index (χ2n) is 7.99. The number of hydrogen-bond donors (Lipinski definition) is 5. The van der Waals surface area contributed by atoms with Gasteiger partial charge in [0.05, 0.1) is 0 Å². The molecule has 1 unspecified atom stereocenters. The second-order valence-corrected chi connectivity index (χ2v) is 7.99. The highest BCUT2D eigenvalue weighted by Gasteiger charge is 2.21. The van der Waals surface area contributed by atoms with E-state index < -0.39 is 17.9 Å². The van der Waals surface area contributed by atoms with Crippen LogP contribution < -0.4 is 21.3 Å². The zero-order valence-electron chi connectivity index (χ0n) is 18.9. The standard InChI is InChI=1S/C24H26N6O5/c31-20(30-23-25-12-3-13-26-23)11-8-15-6-9-16(10-7-15)21(32)27-14-18(22(33)34)29-24-28-17-4-1-2-5-19(17)35-24/h1-2,4-7,9-10,18H,3,8,11-14H2,(H,27,32)(H,28,29)(H,33,34)(H2,25,26,30,31). The molecule has 35 heavy (non-hydrogen) atoms. The highest BCUT2D eigenvalue weighted by atomic mass is 16.4. The van der Waals surface area contributed by atoms with Crippen LogP contribution in [0.1, 0.15) is 28.8 Å². The largest absolute Gasteiger partial charge is 0.480 e. The minimum Gasteiger partial charge on any atom is -0.480 e. The van der Waals surface area contributed by atoms with Gasteiger partial charge in [-0.3, -0.25) is 19.9 Å².